The summed E-state index contributed by atoms with van der Waals surface area (Å²) in [6, 6.07) is 4.47. The maximum Gasteiger partial charge on any atom is 0.254 e. The summed E-state index contributed by atoms with van der Waals surface area (Å²) in [6.45, 7) is 3.48. The zero-order valence-electron chi connectivity index (χ0n) is 10.3. The number of nitrogens with two attached hydrogens (primary N) is 2. The molecule has 5 nitrogen and oxygen atoms in total. The molecule has 0 aliphatic rings. The fourth-order valence-corrected chi connectivity index (χ4v) is 1.66. The van der Waals surface area contributed by atoms with Crippen LogP contribution in [0.2, 0.25) is 5.02 Å². The third kappa shape index (κ3) is 3.37. The molecule has 98 valence electrons. The minimum atomic E-state index is -0.557. The van der Waals surface area contributed by atoms with Gasteiger partial charge in [0.05, 0.1) is 17.3 Å². The fourth-order valence-electron chi connectivity index (χ4n) is 1.48. The van der Waals surface area contributed by atoms with Gasteiger partial charge in [-0.05, 0) is 32.0 Å². The summed E-state index contributed by atoms with van der Waals surface area (Å²) in [6.07, 6.45) is 0. The first-order valence-corrected chi connectivity index (χ1v) is 5.85. The van der Waals surface area contributed by atoms with E-state index in [1.54, 1.807) is 26.0 Å². The van der Waals surface area contributed by atoms with Crippen molar-refractivity contribution >= 4 is 29.1 Å². The molecule has 0 aliphatic heterocycles. The third-order valence-electron chi connectivity index (χ3n) is 2.46. The van der Waals surface area contributed by atoms with Crippen molar-refractivity contribution in [2.75, 3.05) is 12.3 Å². The van der Waals surface area contributed by atoms with E-state index >= 15 is 0 Å². The molecule has 0 heterocycles. The predicted molar refractivity (Wildman–Crippen MR) is 71.2 cm³/mol. The van der Waals surface area contributed by atoms with Gasteiger partial charge < -0.3 is 16.4 Å². The molecule has 1 aromatic rings. The van der Waals surface area contributed by atoms with Gasteiger partial charge in [-0.3, -0.25) is 9.59 Å². The highest BCUT2D eigenvalue weighted by Crippen LogP contribution is 2.21. The Bertz CT molecular complexity index is 474. The van der Waals surface area contributed by atoms with Gasteiger partial charge in [-0.1, -0.05) is 11.6 Å². The van der Waals surface area contributed by atoms with Crippen LogP contribution in [0.25, 0.3) is 0 Å². The Balaban J connectivity index is 3.02. The lowest BCUT2D eigenvalue weighted by molar-refractivity contribution is -0.119. The number of hydrogen-bond donors (Lipinski definition) is 2. The van der Waals surface area contributed by atoms with E-state index in [1.165, 1.54) is 11.0 Å². The van der Waals surface area contributed by atoms with Gasteiger partial charge in [-0.2, -0.15) is 0 Å². The number of nitrogens with zero attached hydrogens (tertiary/aromatic N) is 1. The van der Waals surface area contributed by atoms with Crippen LogP contribution in [-0.4, -0.2) is 29.3 Å². The summed E-state index contributed by atoms with van der Waals surface area (Å²) < 4.78 is 0. The number of halogens is 1. The SMILES string of the molecule is CC(C)N(CC(N)=O)C(=O)c1ccc(N)c(Cl)c1. The molecule has 0 saturated heterocycles. The molecule has 0 saturated carbocycles. The van der Waals surface area contributed by atoms with E-state index in [1.807, 2.05) is 0 Å². The van der Waals surface area contributed by atoms with Crippen LogP contribution in [0.1, 0.15) is 24.2 Å². The molecule has 18 heavy (non-hydrogen) atoms. The van der Waals surface area contributed by atoms with Crippen molar-refractivity contribution in [1.29, 1.82) is 0 Å². The average Bonchev–Trinajstić information content (AvgIpc) is 2.28. The molecule has 2 amide bonds. The van der Waals surface area contributed by atoms with Crippen LogP contribution in [0.3, 0.4) is 0 Å². The second-order valence-corrected chi connectivity index (χ2v) is 4.64. The van der Waals surface area contributed by atoms with E-state index in [0.29, 0.717) is 16.3 Å². The van der Waals surface area contributed by atoms with Gasteiger partial charge >= 0.3 is 0 Å². The maximum absolute atomic E-state index is 12.2. The first-order valence-electron chi connectivity index (χ1n) is 5.47. The number of rotatable bonds is 4. The molecule has 0 radical (unpaired) electrons. The molecule has 0 unspecified atom stereocenters. The highest BCUT2D eigenvalue weighted by atomic mass is 35.5. The smallest absolute Gasteiger partial charge is 0.254 e. The Morgan fingerprint density at radius 1 is 1.39 bits per heavy atom. The van der Waals surface area contributed by atoms with E-state index in [2.05, 4.69) is 0 Å². The molecule has 0 spiro atoms. The molecule has 0 atom stereocenters. The van der Waals surface area contributed by atoms with E-state index in [0.717, 1.165) is 0 Å². The Morgan fingerprint density at radius 3 is 2.44 bits per heavy atom. The number of hydrogen-bond acceptors (Lipinski definition) is 3. The lowest BCUT2D eigenvalue weighted by Gasteiger charge is -2.25. The minimum absolute atomic E-state index is 0.126. The molecule has 4 N–H and O–H groups in total. The van der Waals surface area contributed by atoms with E-state index in [4.69, 9.17) is 23.1 Å². The number of primary amides is 1. The van der Waals surface area contributed by atoms with E-state index < -0.39 is 5.91 Å². The summed E-state index contributed by atoms with van der Waals surface area (Å²) in [4.78, 5) is 24.5. The number of anilines is 1. The Labute approximate surface area is 111 Å². The first kappa shape index (κ1) is 14.3. The normalized spacial score (nSPS) is 10.4. The van der Waals surface area contributed by atoms with Crippen molar-refractivity contribution in [2.45, 2.75) is 19.9 Å². The summed E-state index contributed by atoms with van der Waals surface area (Å²) >= 11 is 5.86. The highest BCUT2D eigenvalue weighted by molar-refractivity contribution is 6.33. The molecule has 6 heteroatoms. The van der Waals surface area contributed by atoms with Crippen molar-refractivity contribution in [3.8, 4) is 0 Å². The van der Waals surface area contributed by atoms with Crippen molar-refractivity contribution in [3.63, 3.8) is 0 Å². The number of carbonyl (C=O) groups is 2. The molecule has 0 bridgehead atoms. The Morgan fingerprint density at radius 2 is 2.00 bits per heavy atom. The van der Waals surface area contributed by atoms with Gasteiger partial charge in [0, 0.05) is 11.6 Å². The molecular weight excluding hydrogens is 254 g/mol. The molecular formula is C12H16ClN3O2. The zero-order chi connectivity index (χ0) is 13.9. The number of benzene rings is 1. The summed E-state index contributed by atoms with van der Waals surface area (Å²) in [5.74, 6) is -0.857. The van der Waals surface area contributed by atoms with E-state index in [-0.39, 0.29) is 18.5 Å². The summed E-state index contributed by atoms with van der Waals surface area (Å²) in [7, 11) is 0. The standard InChI is InChI=1S/C12H16ClN3O2/c1-7(2)16(6-11(15)17)12(18)8-3-4-10(14)9(13)5-8/h3-5,7H,6,14H2,1-2H3,(H2,15,17). The second kappa shape index (κ2) is 5.73. The van der Waals surface area contributed by atoms with Crippen LogP contribution < -0.4 is 11.5 Å². The zero-order valence-corrected chi connectivity index (χ0v) is 11.1. The van der Waals surface area contributed by atoms with Crippen LogP contribution in [0.4, 0.5) is 5.69 Å². The van der Waals surface area contributed by atoms with Crippen molar-refractivity contribution < 1.29 is 9.59 Å². The molecule has 0 aromatic heterocycles. The number of nitrogen functional groups attached to an aromatic ring is 1. The summed E-state index contributed by atoms with van der Waals surface area (Å²) in [5.41, 5.74) is 11.5. The largest absolute Gasteiger partial charge is 0.398 e. The Kier molecular flexibility index (Phi) is 4.55. The summed E-state index contributed by atoms with van der Waals surface area (Å²) in [5, 5.41) is 0.309. The Hall–Kier alpha value is -1.75. The van der Waals surface area contributed by atoms with Gasteiger partial charge in [0.2, 0.25) is 5.91 Å². The monoisotopic (exact) mass is 269 g/mol. The second-order valence-electron chi connectivity index (χ2n) is 4.23. The van der Waals surface area contributed by atoms with Crippen molar-refractivity contribution in [3.05, 3.63) is 28.8 Å². The van der Waals surface area contributed by atoms with Gasteiger partial charge in [-0.25, -0.2) is 0 Å². The van der Waals surface area contributed by atoms with Crippen LogP contribution in [0, 0.1) is 0 Å². The maximum atomic E-state index is 12.2. The van der Waals surface area contributed by atoms with Crippen LogP contribution in [0.5, 0.6) is 0 Å². The minimum Gasteiger partial charge on any atom is -0.398 e. The highest BCUT2D eigenvalue weighted by Gasteiger charge is 2.20. The fraction of sp³-hybridized carbons (Fsp3) is 0.333. The van der Waals surface area contributed by atoms with Gasteiger partial charge in [0.15, 0.2) is 0 Å². The molecule has 1 rings (SSSR count). The lowest BCUT2D eigenvalue weighted by atomic mass is 10.1. The van der Waals surface area contributed by atoms with Crippen LogP contribution >= 0.6 is 11.6 Å². The number of carbonyl (C=O) groups excluding carboxylic acids is 2. The van der Waals surface area contributed by atoms with Crippen molar-refractivity contribution in [2.24, 2.45) is 5.73 Å². The van der Waals surface area contributed by atoms with Gasteiger partial charge in [0.1, 0.15) is 0 Å². The molecule has 1 aromatic carbocycles. The quantitative estimate of drug-likeness (QED) is 0.807. The van der Waals surface area contributed by atoms with Crippen LogP contribution in [-0.2, 0) is 4.79 Å². The van der Waals surface area contributed by atoms with Crippen LogP contribution in [0.15, 0.2) is 18.2 Å². The van der Waals surface area contributed by atoms with E-state index in [9.17, 15) is 9.59 Å². The number of amides is 2. The first-order chi connectivity index (χ1) is 8.32. The van der Waals surface area contributed by atoms with Gasteiger partial charge in [0.25, 0.3) is 5.91 Å². The third-order valence-corrected chi connectivity index (χ3v) is 2.79. The molecule has 0 aliphatic carbocycles. The predicted octanol–water partition coefficient (Wildman–Crippen LogP) is 1.26. The average molecular weight is 270 g/mol. The molecule has 0 fully saturated rings. The van der Waals surface area contributed by atoms with Crippen molar-refractivity contribution in [1.82, 2.24) is 4.90 Å². The topological polar surface area (TPSA) is 89.4 Å². The lowest BCUT2D eigenvalue weighted by Crippen LogP contribution is -2.42. The van der Waals surface area contributed by atoms with Gasteiger partial charge in [-0.15, -0.1) is 0 Å².